The van der Waals surface area contributed by atoms with Gasteiger partial charge in [0.2, 0.25) is 11.8 Å². The molecule has 1 amide bonds. The van der Waals surface area contributed by atoms with Crippen LogP contribution in [0, 0.1) is 18.7 Å². The van der Waals surface area contributed by atoms with Gasteiger partial charge in [0.25, 0.3) is 4.84 Å². The standard InChI is InChI=1S/C23H26ClN5O2S/c1-16-4-3-5-17(2)21(16)25-20(30)14-27-10-12-28(13-11-27)15-29-23(32)31-22(26-29)18-6-8-19(24)9-7-18/h3-9H,10-15H2,1-2H3,(H,25,30). The maximum Gasteiger partial charge on any atom is 0.288 e. The molecular weight excluding hydrogens is 446 g/mol. The lowest BCUT2D eigenvalue weighted by Crippen LogP contribution is -2.49. The minimum Gasteiger partial charge on any atom is -0.409 e. The minimum absolute atomic E-state index is 0.0159. The summed E-state index contributed by atoms with van der Waals surface area (Å²) in [4.78, 5) is 17.3. The fourth-order valence-electron chi connectivity index (χ4n) is 3.78. The number of nitrogens with one attached hydrogen (secondary N) is 1. The lowest BCUT2D eigenvalue weighted by molar-refractivity contribution is -0.117. The lowest BCUT2D eigenvalue weighted by Gasteiger charge is -2.33. The van der Waals surface area contributed by atoms with Crippen LogP contribution in [0.4, 0.5) is 5.69 Å². The van der Waals surface area contributed by atoms with Gasteiger partial charge >= 0.3 is 0 Å². The van der Waals surface area contributed by atoms with E-state index in [0.29, 0.717) is 29.0 Å². The van der Waals surface area contributed by atoms with Crippen LogP contribution in [0.1, 0.15) is 11.1 Å². The number of nitrogens with zero attached hydrogens (tertiary/aromatic N) is 4. The molecule has 0 saturated carbocycles. The monoisotopic (exact) mass is 471 g/mol. The number of carbonyl (C=O) groups excluding carboxylic acids is 1. The Morgan fingerprint density at radius 3 is 2.34 bits per heavy atom. The number of hydrogen-bond donors (Lipinski definition) is 1. The van der Waals surface area contributed by atoms with Crippen molar-refractivity contribution in [1.29, 1.82) is 0 Å². The third-order valence-electron chi connectivity index (χ3n) is 5.61. The van der Waals surface area contributed by atoms with Gasteiger partial charge in [-0.25, -0.2) is 4.68 Å². The highest BCUT2D eigenvalue weighted by molar-refractivity contribution is 7.71. The summed E-state index contributed by atoms with van der Waals surface area (Å²) in [5.41, 5.74) is 3.89. The van der Waals surface area contributed by atoms with Crippen molar-refractivity contribution in [3.05, 3.63) is 63.5 Å². The van der Waals surface area contributed by atoms with E-state index in [2.05, 4.69) is 20.2 Å². The van der Waals surface area contributed by atoms with Gasteiger partial charge < -0.3 is 9.73 Å². The average Bonchev–Trinajstić information content (AvgIpc) is 3.13. The van der Waals surface area contributed by atoms with Gasteiger partial charge in [-0.2, -0.15) is 0 Å². The molecule has 7 nitrogen and oxygen atoms in total. The van der Waals surface area contributed by atoms with Crippen LogP contribution in [0.15, 0.2) is 46.9 Å². The SMILES string of the molecule is Cc1cccc(C)c1NC(=O)CN1CCN(Cn2nc(-c3ccc(Cl)cc3)oc2=S)CC1. The van der Waals surface area contributed by atoms with E-state index in [1.54, 1.807) is 16.8 Å². The number of para-hydroxylation sites is 1. The van der Waals surface area contributed by atoms with E-state index in [0.717, 1.165) is 48.6 Å². The van der Waals surface area contributed by atoms with Crippen molar-refractivity contribution in [3.8, 4) is 11.5 Å². The van der Waals surface area contributed by atoms with Gasteiger partial charge in [-0.1, -0.05) is 29.8 Å². The number of amides is 1. The quantitative estimate of drug-likeness (QED) is 0.539. The number of hydrogen-bond acceptors (Lipinski definition) is 6. The van der Waals surface area contributed by atoms with E-state index in [1.165, 1.54) is 0 Å². The summed E-state index contributed by atoms with van der Waals surface area (Å²) in [6.07, 6.45) is 0. The maximum absolute atomic E-state index is 12.5. The van der Waals surface area contributed by atoms with Gasteiger partial charge in [-0.15, -0.1) is 5.10 Å². The van der Waals surface area contributed by atoms with Gasteiger partial charge in [-0.05, 0) is 61.5 Å². The Morgan fingerprint density at radius 2 is 1.69 bits per heavy atom. The van der Waals surface area contributed by atoms with Crippen LogP contribution in [0.25, 0.3) is 11.5 Å². The predicted molar refractivity (Wildman–Crippen MR) is 128 cm³/mol. The Bertz CT molecular complexity index is 1130. The van der Waals surface area contributed by atoms with Crippen LogP contribution in [-0.4, -0.2) is 58.2 Å². The normalized spacial score (nSPS) is 15.1. The van der Waals surface area contributed by atoms with Crippen molar-refractivity contribution in [3.63, 3.8) is 0 Å². The molecule has 0 bridgehead atoms. The predicted octanol–water partition coefficient (Wildman–Crippen LogP) is 4.36. The molecule has 3 aromatic rings. The molecule has 0 atom stereocenters. The second-order valence-corrected chi connectivity index (χ2v) is 8.82. The first kappa shape index (κ1) is 22.7. The van der Waals surface area contributed by atoms with Gasteiger partial charge in [0.05, 0.1) is 13.2 Å². The number of anilines is 1. The summed E-state index contributed by atoms with van der Waals surface area (Å²) in [6.45, 7) is 8.20. The molecule has 2 heterocycles. The Kier molecular flexibility index (Phi) is 7.05. The first-order chi connectivity index (χ1) is 15.4. The van der Waals surface area contributed by atoms with Gasteiger partial charge in [0.1, 0.15) is 0 Å². The molecule has 168 valence electrons. The zero-order valence-corrected chi connectivity index (χ0v) is 19.7. The molecule has 0 radical (unpaired) electrons. The Labute approximate surface area is 197 Å². The summed E-state index contributed by atoms with van der Waals surface area (Å²) >= 11 is 11.3. The largest absolute Gasteiger partial charge is 0.409 e. The van der Waals surface area contributed by atoms with Gasteiger partial charge in [0, 0.05) is 42.5 Å². The van der Waals surface area contributed by atoms with Crippen molar-refractivity contribution < 1.29 is 9.21 Å². The third kappa shape index (κ3) is 5.45. The van der Waals surface area contributed by atoms with Crippen LogP contribution in [0.5, 0.6) is 0 Å². The molecule has 0 aliphatic carbocycles. The van der Waals surface area contributed by atoms with Crippen LogP contribution in [0.2, 0.25) is 5.02 Å². The smallest absolute Gasteiger partial charge is 0.288 e. The van der Waals surface area contributed by atoms with Crippen LogP contribution < -0.4 is 5.32 Å². The zero-order chi connectivity index (χ0) is 22.7. The molecule has 4 rings (SSSR count). The first-order valence-corrected chi connectivity index (χ1v) is 11.3. The Hall–Kier alpha value is -2.52. The fraction of sp³-hybridized carbons (Fsp3) is 0.348. The van der Waals surface area contributed by atoms with Crippen molar-refractivity contribution in [2.24, 2.45) is 0 Å². The Balaban J connectivity index is 1.29. The maximum atomic E-state index is 12.5. The average molecular weight is 472 g/mol. The second kappa shape index (κ2) is 9.95. The van der Waals surface area contributed by atoms with E-state index < -0.39 is 0 Å². The Morgan fingerprint density at radius 1 is 1.06 bits per heavy atom. The topological polar surface area (TPSA) is 66.5 Å². The number of piperazine rings is 1. The highest BCUT2D eigenvalue weighted by Crippen LogP contribution is 2.21. The van der Waals surface area contributed by atoms with Crippen LogP contribution in [0.3, 0.4) is 0 Å². The van der Waals surface area contributed by atoms with Crippen molar-refractivity contribution >= 4 is 35.4 Å². The van der Waals surface area contributed by atoms with E-state index >= 15 is 0 Å². The van der Waals surface area contributed by atoms with Gasteiger partial charge in [0.15, 0.2) is 0 Å². The molecule has 1 aromatic heterocycles. The van der Waals surface area contributed by atoms with Crippen molar-refractivity contribution in [2.75, 3.05) is 38.0 Å². The molecule has 2 aromatic carbocycles. The fourth-order valence-corrected chi connectivity index (χ4v) is 4.08. The van der Waals surface area contributed by atoms with Crippen molar-refractivity contribution in [2.45, 2.75) is 20.5 Å². The highest BCUT2D eigenvalue weighted by Gasteiger charge is 2.21. The molecule has 1 aliphatic heterocycles. The number of aryl methyl sites for hydroxylation is 2. The highest BCUT2D eigenvalue weighted by atomic mass is 35.5. The van der Waals surface area contributed by atoms with E-state index in [9.17, 15) is 4.79 Å². The molecular formula is C23H26ClN5O2S. The summed E-state index contributed by atoms with van der Waals surface area (Å²) < 4.78 is 7.36. The molecule has 32 heavy (non-hydrogen) atoms. The lowest BCUT2D eigenvalue weighted by atomic mass is 10.1. The van der Waals surface area contributed by atoms with E-state index in [-0.39, 0.29) is 5.91 Å². The summed E-state index contributed by atoms with van der Waals surface area (Å²) in [5.74, 6) is 0.496. The molecule has 1 fully saturated rings. The molecule has 1 N–H and O–H groups in total. The summed E-state index contributed by atoms with van der Waals surface area (Å²) in [5, 5.41) is 8.24. The number of halogens is 1. The number of carbonyl (C=O) groups is 1. The van der Waals surface area contributed by atoms with Crippen molar-refractivity contribution in [1.82, 2.24) is 19.6 Å². The van der Waals surface area contributed by atoms with E-state index in [4.69, 9.17) is 28.2 Å². The minimum atomic E-state index is 0.0159. The van der Waals surface area contributed by atoms with Crippen LogP contribution >= 0.6 is 23.8 Å². The summed E-state index contributed by atoms with van der Waals surface area (Å²) in [7, 11) is 0. The molecule has 1 aliphatic rings. The first-order valence-electron chi connectivity index (χ1n) is 10.5. The number of aromatic nitrogens is 2. The molecule has 9 heteroatoms. The van der Waals surface area contributed by atoms with Crippen LogP contribution in [-0.2, 0) is 11.5 Å². The van der Waals surface area contributed by atoms with E-state index in [1.807, 2.05) is 44.2 Å². The summed E-state index contributed by atoms with van der Waals surface area (Å²) in [6, 6.07) is 13.3. The molecule has 1 saturated heterocycles. The zero-order valence-electron chi connectivity index (χ0n) is 18.2. The number of rotatable bonds is 6. The number of benzene rings is 2. The molecule has 0 unspecified atom stereocenters. The van der Waals surface area contributed by atoms with Gasteiger partial charge in [-0.3, -0.25) is 14.6 Å². The second-order valence-electron chi connectivity index (χ2n) is 8.03. The third-order valence-corrected chi connectivity index (χ3v) is 6.16. The molecule has 0 spiro atoms.